The first-order valence-corrected chi connectivity index (χ1v) is 10.2. The molecule has 31 heavy (non-hydrogen) atoms. The zero-order valence-electron chi connectivity index (χ0n) is 18.1. The first kappa shape index (κ1) is 20.8. The molecule has 1 aliphatic carbocycles. The van der Waals surface area contributed by atoms with Gasteiger partial charge in [0.1, 0.15) is 0 Å². The van der Waals surface area contributed by atoms with Crippen LogP contribution in [-0.2, 0) is 31.0 Å². The second-order valence-corrected chi connectivity index (χ2v) is 8.13. The summed E-state index contributed by atoms with van der Waals surface area (Å²) >= 11 is 0. The number of aromatic nitrogens is 1. The largest absolute Gasteiger partial charge is 0.468 e. The van der Waals surface area contributed by atoms with Crippen molar-refractivity contribution in [3.63, 3.8) is 0 Å². The maximum Gasteiger partial charge on any atom is 0.328 e. The topological polar surface area (TPSA) is 74.6 Å². The van der Waals surface area contributed by atoms with Gasteiger partial charge in [-0.05, 0) is 29.5 Å². The van der Waals surface area contributed by atoms with E-state index in [4.69, 9.17) is 9.47 Å². The van der Waals surface area contributed by atoms with Crippen molar-refractivity contribution in [3.8, 4) is 0 Å². The number of benzene rings is 2. The second-order valence-electron chi connectivity index (χ2n) is 8.13. The lowest BCUT2D eigenvalue weighted by Crippen LogP contribution is -2.50. The van der Waals surface area contributed by atoms with E-state index in [2.05, 4.69) is 0 Å². The summed E-state index contributed by atoms with van der Waals surface area (Å²) in [7, 11) is 2.50. The number of Topliss-reactive ketones (excluding diaryl/α,β-unsaturated/α-hetero) is 1. The van der Waals surface area contributed by atoms with Gasteiger partial charge in [0.25, 0.3) is 0 Å². The standard InChI is InChI=1S/C25H25NO5/c1-15-10-11-19-21-18(14-26(22(15)21)13-17-8-6-5-7-9-17)20(27)12-16(2)25(19,23(28)30-3)24(29)31-4/h5-11,14,16H,12-13H2,1-4H3/t16-/m0/s1. The van der Waals surface area contributed by atoms with Crippen LogP contribution in [0.2, 0.25) is 0 Å². The van der Waals surface area contributed by atoms with Crippen molar-refractivity contribution in [2.24, 2.45) is 5.92 Å². The van der Waals surface area contributed by atoms with Crippen molar-refractivity contribution in [2.75, 3.05) is 14.2 Å². The molecule has 0 bridgehead atoms. The first-order valence-electron chi connectivity index (χ1n) is 10.2. The molecule has 6 heteroatoms. The third kappa shape index (κ3) is 2.97. The van der Waals surface area contributed by atoms with Gasteiger partial charge in [-0.1, -0.05) is 49.4 Å². The van der Waals surface area contributed by atoms with Crippen molar-refractivity contribution in [3.05, 3.63) is 70.9 Å². The second kappa shape index (κ2) is 7.69. The predicted molar refractivity (Wildman–Crippen MR) is 116 cm³/mol. The van der Waals surface area contributed by atoms with Gasteiger partial charge in [-0.25, -0.2) is 0 Å². The summed E-state index contributed by atoms with van der Waals surface area (Å²) in [5.74, 6) is -2.16. The Bertz CT molecular complexity index is 1180. The molecule has 1 aliphatic rings. The summed E-state index contributed by atoms with van der Waals surface area (Å²) < 4.78 is 12.2. The van der Waals surface area contributed by atoms with E-state index in [0.29, 0.717) is 23.1 Å². The number of methoxy groups -OCH3 is 2. The number of carbonyl (C=O) groups is 3. The third-order valence-corrected chi connectivity index (χ3v) is 6.39. The Kier molecular flexibility index (Phi) is 5.17. The molecule has 0 saturated heterocycles. The fourth-order valence-corrected chi connectivity index (χ4v) is 4.90. The van der Waals surface area contributed by atoms with E-state index < -0.39 is 23.3 Å². The highest BCUT2D eigenvalue weighted by Crippen LogP contribution is 2.46. The van der Waals surface area contributed by atoms with Gasteiger partial charge in [0.05, 0.1) is 19.7 Å². The van der Waals surface area contributed by atoms with Crippen LogP contribution in [-0.4, -0.2) is 36.5 Å². The molecule has 0 N–H and O–H groups in total. The molecule has 0 spiro atoms. The van der Waals surface area contributed by atoms with Gasteiger partial charge in [0, 0.05) is 30.1 Å². The highest BCUT2D eigenvalue weighted by Gasteiger charge is 2.57. The molecular formula is C25H25NO5. The Balaban J connectivity index is 2.08. The average Bonchev–Trinajstić information content (AvgIpc) is 3.12. The van der Waals surface area contributed by atoms with Crippen LogP contribution >= 0.6 is 0 Å². The van der Waals surface area contributed by atoms with Crippen LogP contribution in [0.3, 0.4) is 0 Å². The number of carbonyl (C=O) groups excluding carboxylic acids is 3. The van der Waals surface area contributed by atoms with E-state index >= 15 is 0 Å². The number of hydrogen-bond acceptors (Lipinski definition) is 5. The maximum atomic E-state index is 13.3. The summed E-state index contributed by atoms with van der Waals surface area (Å²) in [5, 5.41) is 0.626. The molecule has 160 valence electrons. The molecule has 0 saturated carbocycles. The van der Waals surface area contributed by atoms with E-state index in [-0.39, 0.29) is 12.2 Å². The average molecular weight is 419 g/mol. The molecule has 0 amide bonds. The van der Waals surface area contributed by atoms with Gasteiger partial charge >= 0.3 is 11.9 Å². The molecule has 0 radical (unpaired) electrons. The van der Waals surface area contributed by atoms with Crippen molar-refractivity contribution in [2.45, 2.75) is 32.2 Å². The van der Waals surface area contributed by atoms with Crippen LogP contribution in [0, 0.1) is 12.8 Å². The molecule has 0 aliphatic heterocycles. The lowest BCUT2D eigenvalue weighted by molar-refractivity contribution is -0.164. The van der Waals surface area contributed by atoms with Gasteiger partial charge in [0.15, 0.2) is 11.2 Å². The SMILES string of the molecule is COC(=O)C1(C(=O)OC)c2ccc(C)c3c2c(cn3Cc2ccccc2)C(=O)C[C@@H]1C. The highest BCUT2D eigenvalue weighted by atomic mass is 16.5. The van der Waals surface area contributed by atoms with Gasteiger partial charge in [0.2, 0.25) is 0 Å². The molecule has 0 fully saturated rings. The predicted octanol–water partition coefficient (Wildman–Crippen LogP) is 3.80. The summed E-state index contributed by atoms with van der Waals surface area (Å²) in [6.07, 6.45) is 1.87. The van der Waals surface area contributed by atoms with E-state index in [0.717, 1.165) is 16.6 Å². The van der Waals surface area contributed by atoms with Crippen molar-refractivity contribution < 1.29 is 23.9 Å². The quantitative estimate of drug-likeness (QED) is 0.475. The Morgan fingerprint density at radius 3 is 2.32 bits per heavy atom. The number of nitrogens with zero attached hydrogens (tertiary/aromatic N) is 1. The summed E-state index contributed by atoms with van der Waals surface area (Å²) in [5.41, 5.74) is 2.14. The number of rotatable bonds is 4. The minimum Gasteiger partial charge on any atom is -0.468 e. The maximum absolute atomic E-state index is 13.3. The summed E-state index contributed by atoms with van der Waals surface area (Å²) in [4.78, 5) is 39.6. The lowest BCUT2D eigenvalue weighted by Gasteiger charge is -2.33. The fourth-order valence-electron chi connectivity index (χ4n) is 4.90. The molecule has 2 aromatic carbocycles. The minimum atomic E-state index is -1.71. The summed E-state index contributed by atoms with van der Waals surface area (Å²) in [6.45, 7) is 4.25. The number of hydrogen-bond donors (Lipinski definition) is 0. The van der Waals surface area contributed by atoms with Crippen LogP contribution in [0.1, 0.15) is 40.4 Å². The molecule has 4 rings (SSSR count). The fraction of sp³-hybridized carbons (Fsp3) is 0.320. The highest BCUT2D eigenvalue weighted by molar-refractivity contribution is 6.17. The Hall–Kier alpha value is -3.41. The van der Waals surface area contributed by atoms with Crippen molar-refractivity contribution in [1.29, 1.82) is 0 Å². The first-order chi connectivity index (χ1) is 14.9. The van der Waals surface area contributed by atoms with Gasteiger partial charge in [-0.15, -0.1) is 0 Å². The van der Waals surface area contributed by atoms with Gasteiger partial charge in [-0.2, -0.15) is 0 Å². The number of ether oxygens (including phenoxy) is 2. The van der Waals surface area contributed by atoms with E-state index in [1.54, 1.807) is 13.0 Å². The number of aryl methyl sites for hydroxylation is 1. The van der Waals surface area contributed by atoms with E-state index in [1.807, 2.05) is 54.1 Å². The molecule has 1 heterocycles. The van der Waals surface area contributed by atoms with Crippen LogP contribution in [0.5, 0.6) is 0 Å². The molecule has 0 unspecified atom stereocenters. The molecule has 3 aromatic rings. The third-order valence-electron chi connectivity index (χ3n) is 6.39. The van der Waals surface area contributed by atoms with E-state index in [9.17, 15) is 14.4 Å². The number of ketones is 1. The number of esters is 2. The Labute approximate surface area is 180 Å². The van der Waals surface area contributed by atoms with Crippen LogP contribution in [0.25, 0.3) is 10.9 Å². The van der Waals surface area contributed by atoms with Crippen LogP contribution < -0.4 is 0 Å². The lowest BCUT2D eigenvalue weighted by atomic mass is 9.69. The smallest absolute Gasteiger partial charge is 0.328 e. The monoisotopic (exact) mass is 419 g/mol. The Morgan fingerprint density at radius 1 is 1.06 bits per heavy atom. The van der Waals surface area contributed by atoms with Gasteiger partial charge < -0.3 is 14.0 Å². The van der Waals surface area contributed by atoms with E-state index in [1.165, 1.54) is 14.2 Å². The van der Waals surface area contributed by atoms with Crippen LogP contribution in [0.15, 0.2) is 48.7 Å². The van der Waals surface area contributed by atoms with Crippen LogP contribution in [0.4, 0.5) is 0 Å². The normalized spacial score (nSPS) is 17.3. The Morgan fingerprint density at radius 2 is 1.71 bits per heavy atom. The van der Waals surface area contributed by atoms with Gasteiger partial charge in [-0.3, -0.25) is 14.4 Å². The zero-order chi connectivity index (χ0) is 22.3. The van der Waals surface area contributed by atoms with Crippen molar-refractivity contribution in [1.82, 2.24) is 4.57 Å². The van der Waals surface area contributed by atoms with Crippen molar-refractivity contribution >= 4 is 28.6 Å². The molecular weight excluding hydrogens is 394 g/mol. The summed E-state index contributed by atoms with van der Waals surface area (Å²) in [6, 6.07) is 13.6. The molecule has 1 atom stereocenters. The molecule has 6 nitrogen and oxygen atoms in total. The molecule has 1 aromatic heterocycles. The minimum absolute atomic E-state index is 0.0301. The zero-order valence-corrected chi connectivity index (χ0v) is 18.1.